The molecule has 2 aromatic rings. The highest BCUT2D eigenvalue weighted by atomic mass is 19.1. The molecule has 7 heteroatoms. The molecule has 0 unspecified atom stereocenters. The van der Waals surface area contributed by atoms with Gasteiger partial charge in [-0.1, -0.05) is 12.1 Å². The molecule has 0 saturated heterocycles. The zero-order valence-corrected chi connectivity index (χ0v) is 11.7. The molecule has 0 atom stereocenters. The fraction of sp³-hybridized carbons (Fsp3) is 0.0667. The Kier molecular flexibility index (Phi) is 4.92. The molecule has 22 heavy (non-hydrogen) atoms. The number of halogens is 1. The Morgan fingerprint density at radius 1 is 1.05 bits per heavy atom. The highest BCUT2D eigenvalue weighted by Gasteiger charge is 2.05. The molecule has 2 aromatic carbocycles. The molecule has 0 aromatic heterocycles. The smallest absolute Gasteiger partial charge is 0.337 e. The van der Waals surface area contributed by atoms with Crippen LogP contribution in [0.1, 0.15) is 15.9 Å². The Balaban J connectivity index is 2.08. The van der Waals surface area contributed by atoms with E-state index in [2.05, 4.69) is 20.2 Å². The molecule has 0 aliphatic rings. The number of esters is 1. The SMILES string of the molecule is COC(=O)c1ccc(C(N)=NN=Nc2ccc(F)cc2)cc1. The van der Waals surface area contributed by atoms with Crippen LogP contribution < -0.4 is 5.73 Å². The average molecular weight is 300 g/mol. The quantitative estimate of drug-likeness (QED) is 0.309. The number of carbonyl (C=O) groups excluding carboxylic acids is 1. The first-order valence-electron chi connectivity index (χ1n) is 6.28. The third kappa shape index (κ3) is 3.95. The van der Waals surface area contributed by atoms with E-state index in [0.717, 1.165) is 0 Å². The zero-order chi connectivity index (χ0) is 15.9. The number of amidine groups is 1. The lowest BCUT2D eigenvalue weighted by molar-refractivity contribution is 0.0600. The van der Waals surface area contributed by atoms with Crippen LogP contribution in [0.2, 0.25) is 0 Å². The molecule has 0 heterocycles. The molecule has 0 aliphatic carbocycles. The Bertz CT molecular complexity index is 709. The van der Waals surface area contributed by atoms with E-state index < -0.39 is 5.97 Å². The summed E-state index contributed by atoms with van der Waals surface area (Å²) in [5.41, 5.74) is 7.22. The van der Waals surface area contributed by atoms with Crippen LogP contribution in [0.3, 0.4) is 0 Å². The third-order valence-electron chi connectivity index (χ3n) is 2.74. The molecule has 0 amide bonds. The van der Waals surface area contributed by atoms with Gasteiger partial charge in [0.2, 0.25) is 0 Å². The van der Waals surface area contributed by atoms with Crippen LogP contribution in [0.4, 0.5) is 10.1 Å². The Labute approximate surface area is 126 Å². The number of benzene rings is 2. The second-order valence-electron chi connectivity index (χ2n) is 4.22. The molecule has 112 valence electrons. The van der Waals surface area contributed by atoms with Crippen molar-refractivity contribution in [2.75, 3.05) is 7.11 Å². The average Bonchev–Trinajstić information content (AvgIpc) is 2.56. The molecular weight excluding hydrogens is 287 g/mol. The van der Waals surface area contributed by atoms with Gasteiger partial charge in [0, 0.05) is 5.56 Å². The minimum atomic E-state index is -0.432. The number of ether oxygens (including phenoxy) is 1. The predicted octanol–water partition coefficient (Wildman–Crippen LogP) is 3.02. The van der Waals surface area contributed by atoms with Crippen molar-refractivity contribution in [1.82, 2.24) is 0 Å². The van der Waals surface area contributed by atoms with Crippen molar-refractivity contribution >= 4 is 17.5 Å². The van der Waals surface area contributed by atoms with Gasteiger partial charge in [0.15, 0.2) is 5.84 Å². The summed E-state index contributed by atoms with van der Waals surface area (Å²) >= 11 is 0. The van der Waals surface area contributed by atoms with Gasteiger partial charge in [0.25, 0.3) is 0 Å². The van der Waals surface area contributed by atoms with Gasteiger partial charge in [-0.25, -0.2) is 9.18 Å². The summed E-state index contributed by atoms with van der Waals surface area (Å²) in [6.07, 6.45) is 0. The topological polar surface area (TPSA) is 89.4 Å². The normalized spacial score (nSPS) is 11.6. The predicted molar refractivity (Wildman–Crippen MR) is 79.4 cm³/mol. The number of hydrogen-bond acceptors (Lipinski definition) is 4. The van der Waals surface area contributed by atoms with Crippen molar-refractivity contribution in [2.45, 2.75) is 0 Å². The van der Waals surface area contributed by atoms with Crippen molar-refractivity contribution in [3.05, 3.63) is 65.5 Å². The second kappa shape index (κ2) is 7.07. The summed E-state index contributed by atoms with van der Waals surface area (Å²) in [7, 11) is 1.31. The zero-order valence-electron chi connectivity index (χ0n) is 11.7. The van der Waals surface area contributed by atoms with E-state index in [9.17, 15) is 9.18 Å². The van der Waals surface area contributed by atoms with E-state index in [0.29, 0.717) is 16.8 Å². The summed E-state index contributed by atoms with van der Waals surface area (Å²) in [5, 5.41) is 11.1. The first-order chi connectivity index (χ1) is 10.6. The van der Waals surface area contributed by atoms with Gasteiger partial charge >= 0.3 is 5.97 Å². The van der Waals surface area contributed by atoms with Crippen LogP contribution in [0.25, 0.3) is 0 Å². The Morgan fingerprint density at radius 3 is 2.23 bits per heavy atom. The maximum Gasteiger partial charge on any atom is 0.337 e. The van der Waals surface area contributed by atoms with Crippen LogP contribution in [0.5, 0.6) is 0 Å². The van der Waals surface area contributed by atoms with Crippen LogP contribution in [0, 0.1) is 5.82 Å². The minimum absolute atomic E-state index is 0.141. The van der Waals surface area contributed by atoms with Gasteiger partial charge in [-0.2, -0.15) is 0 Å². The number of hydrogen-bond donors (Lipinski definition) is 1. The van der Waals surface area contributed by atoms with Gasteiger partial charge in [-0.05, 0) is 41.6 Å². The first-order valence-corrected chi connectivity index (χ1v) is 6.28. The van der Waals surface area contributed by atoms with Gasteiger partial charge in [0.05, 0.1) is 18.4 Å². The summed E-state index contributed by atoms with van der Waals surface area (Å²) in [5.74, 6) is -0.645. The maximum atomic E-state index is 12.7. The number of rotatable bonds is 4. The summed E-state index contributed by atoms with van der Waals surface area (Å²) < 4.78 is 17.3. The van der Waals surface area contributed by atoms with E-state index in [1.165, 1.54) is 31.4 Å². The van der Waals surface area contributed by atoms with Crippen LogP contribution in [-0.2, 0) is 4.74 Å². The van der Waals surface area contributed by atoms with E-state index in [-0.39, 0.29) is 11.7 Å². The largest absolute Gasteiger partial charge is 0.465 e. The van der Waals surface area contributed by atoms with Crippen LogP contribution >= 0.6 is 0 Å². The van der Waals surface area contributed by atoms with Crippen LogP contribution in [0.15, 0.2) is 64.0 Å². The number of nitrogens with zero attached hydrogens (tertiary/aromatic N) is 3. The molecule has 6 nitrogen and oxygen atoms in total. The fourth-order valence-electron chi connectivity index (χ4n) is 1.58. The second-order valence-corrected chi connectivity index (χ2v) is 4.22. The lowest BCUT2D eigenvalue weighted by Gasteiger charge is -2.01. The molecule has 0 aliphatic heterocycles. The molecule has 2 N–H and O–H groups in total. The van der Waals surface area contributed by atoms with Crippen molar-refractivity contribution < 1.29 is 13.9 Å². The highest BCUT2D eigenvalue weighted by Crippen LogP contribution is 2.12. The molecule has 0 fully saturated rings. The molecule has 0 spiro atoms. The summed E-state index contributed by atoms with van der Waals surface area (Å²) in [6, 6.07) is 11.9. The molecule has 2 rings (SSSR count). The summed E-state index contributed by atoms with van der Waals surface area (Å²) in [4.78, 5) is 11.3. The fourth-order valence-corrected chi connectivity index (χ4v) is 1.58. The lowest BCUT2D eigenvalue weighted by Crippen LogP contribution is -2.13. The minimum Gasteiger partial charge on any atom is -0.465 e. The Hall–Kier alpha value is -3.09. The van der Waals surface area contributed by atoms with Gasteiger partial charge in [-0.3, -0.25) is 0 Å². The lowest BCUT2D eigenvalue weighted by atomic mass is 10.1. The molecule has 0 radical (unpaired) electrons. The van der Waals surface area contributed by atoms with Crippen molar-refractivity contribution in [3.63, 3.8) is 0 Å². The van der Waals surface area contributed by atoms with Crippen molar-refractivity contribution in [2.24, 2.45) is 21.2 Å². The van der Waals surface area contributed by atoms with E-state index in [1.54, 1.807) is 24.3 Å². The van der Waals surface area contributed by atoms with Gasteiger partial charge in [-0.15, -0.1) is 10.2 Å². The molecule has 0 saturated carbocycles. The summed E-state index contributed by atoms with van der Waals surface area (Å²) in [6.45, 7) is 0. The van der Waals surface area contributed by atoms with Crippen molar-refractivity contribution in [3.8, 4) is 0 Å². The van der Waals surface area contributed by atoms with Crippen LogP contribution in [-0.4, -0.2) is 18.9 Å². The number of methoxy groups -OCH3 is 1. The number of nitrogens with two attached hydrogens (primary N) is 1. The van der Waals surface area contributed by atoms with E-state index >= 15 is 0 Å². The number of carbonyl (C=O) groups is 1. The molecule has 0 bridgehead atoms. The first kappa shape index (κ1) is 15.3. The highest BCUT2D eigenvalue weighted by molar-refractivity contribution is 5.98. The van der Waals surface area contributed by atoms with Gasteiger partial charge in [0.1, 0.15) is 5.82 Å². The standard InChI is InChI=1S/C15H13FN4O2/c1-22-15(21)11-4-2-10(3-5-11)14(17)19-20-18-13-8-6-12(16)7-9-13/h2-9H,1H3,(H2,17,18,19). The maximum absolute atomic E-state index is 12.7. The van der Waals surface area contributed by atoms with Crippen molar-refractivity contribution in [1.29, 1.82) is 0 Å². The Morgan fingerprint density at radius 2 is 1.64 bits per heavy atom. The van der Waals surface area contributed by atoms with E-state index in [1.807, 2.05) is 0 Å². The van der Waals surface area contributed by atoms with E-state index in [4.69, 9.17) is 5.73 Å². The molecular formula is C15H13FN4O2. The monoisotopic (exact) mass is 300 g/mol. The third-order valence-corrected chi connectivity index (χ3v) is 2.74. The van der Waals surface area contributed by atoms with Gasteiger partial charge < -0.3 is 10.5 Å².